The number of nitrogens with one attached hydrogen (secondary N) is 2. The third-order valence-corrected chi connectivity index (χ3v) is 4.05. The van der Waals surface area contributed by atoms with Crippen molar-refractivity contribution in [3.63, 3.8) is 0 Å². The number of rotatable bonds is 4. The fraction of sp³-hybridized carbons (Fsp3) is 0.400. The minimum atomic E-state index is -0.504. The van der Waals surface area contributed by atoms with Crippen LogP contribution in [0.1, 0.15) is 34.9 Å². The SMILES string of the molecule is Cn1nc(C2CCNCC2)nc1NC(=O)c1ccc([N+](=O)[O-])cc1. The Bertz CT molecular complexity index is 749. The Morgan fingerprint density at radius 2 is 2.00 bits per heavy atom. The van der Waals surface area contributed by atoms with Crippen molar-refractivity contribution in [2.45, 2.75) is 18.8 Å². The summed E-state index contributed by atoms with van der Waals surface area (Å²) in [5, 5.41) is 21.0. The van der Waals surface area contributed by atoms with Crippen LogP contribution in [0.3, 0.4) is 0 Å². The minimum Gasteiger partial charge on any atom is -0.317 e. The van der Waals surface area contributed by atoms with Gasteiger partial charge in [0.2, 0.25) is 5.95 Å². The molecule has 0 radical (unpaired) electrons. The Morgan fingerprint density at radius 3 is 2.62 bits per heavy atom. The van der Waals surface area contributed by atoms with Crippen molar-refractivity contribution in [3.8, 4) is 0 Å². The summed E-state index contributed by atoms with van der Waals surface area (Å²) >= 11 is 0. The molecule has 0 aliphatic carbocycles. The Kier molecular flexibility index (Phi) is 4.52. The molecule has 2 N–H and O–H groups in total. The first-order valence-electron chi connectivity index (χ1n) is 7.72. The van der Waals surface area contributed by atoms with E-state index in [2.05, 4.69) is 20.7 Å². The van der Waals surface area contributed by atoms with E-state index in [0.29, 0.717) is 17.4 Å². The normalized spacial score (nSPS) is 15.2. The zero-order chi connectivity index (χ0) is 17.1. The lowest BCUT2D eigenvalue weighted by Gasteiger charge is -2.19. The van der Waals surface area contributed by atoms with Crippen LogP contribution in [0.15, 0.2) is 24.3 Å². The summed E-state index contributed by atoms with van der Waals surface area (Å²) < 4.78 is 1.54. The van der Waals surface area contributed by atoms with E-state index in [1.807, 2.05) is 0 Å². The molecule has 0 spiro atoms. The van der Waals surface area contributed by atoms with Crippen LogP contribution >= 0.6 is 0 Å². The molecule has 1 amide bonds. The molecular formula is C15H18N6O3. The predicted molar refractivity (Wildman–Crippen MR) is 86.9 cm³/mol. The fourth-order valence-corrected chi connectivity index (χ4v) is 2.67. The van der Waals surface area contributed by atoms with Crippen LogP contribution in [0.4, 0.5) is 11.6 Å². The molecule has 2 aromatic rings. The molecule has 24 heavy (non-hydrogen) atoms. The van der Waals surface area contributed by atoms with Crippen molar-refractivity contribution in [1.29, 1.82) is 0 Å². The van der Waals surface area contributed by atoms with E-state index in [0.717, 1.165) is 31.8 Å². The average molecular weight is 330 g/mol. The van der Waals surface area contributed by atoms with Crippen LogP contribution in [0.25, 0.3) is 0 Å². The van der Waals surface area contributed by atoms with Crippen LogP contribution < -0.4 is 10.6 Å². The van der Waals surface area contributed by atoms with Crippen molar-refractivity contribution in [2.24, 2.45) is 7.05 Å². The van der Waals surface area contributed by atoms with E-state index in [1.54, 1.807) is 11.7 Å². The molecule has 1 aliphatic rings. The smallest absolute Gasteiger partial charge is 0.269 e. The second-order valence-corrected chi connectivity index (χ2v) is 5.70. The number of amides is 1. The average Bonchev–Trinajstić information content (AvgIpc) is 2.96. The van der Waals surface area contributed by atoms with Crippen molar-refractivity contribution in [3.05, 3.63) is 45.8 Å². The molecule has 1 saturated heterocycles. The first-order valence-corrected chi connectivity index (χ1v) is 7.72. The highest BCUT2D eigenvalue weighted by atomic mass is 16.6. The monoisotopic (exact) mass is 330 g/mol. The molecule has 1 aliphatic heterocycles. The van der Waals surface area contributed by atoms with E-state index in [-0.39, 0.29) is 11.6 Å². The van der Waals surface area contributed by atoms with Gasteiger partial charge in [0, 0.05) is 30.7 Å². The van der Waals surface area contributed by atoms with Gasteiger partial charge in [0.05, 0.1) is 4.92 Å². The summed E-state index contributed by atoms with van der Waals surface area (Å²) in [6, 6.07) is 5.42. The number of hydrogen-bond donors (Lipinski definition) is 2. The zero-order valence-corrected chi connectivity index (χ0v) is 13.2. The first kappa shape index (κ1) is 16.1. The molecule has 0 bridgehead atoms. The number of aromatic nitrogens is 3. The predicted octanol–water partition coefficient (Wildman–Crippen LogP) is 1.44. The molecule has 126 valence electrons. The highest BCUT2D eigenvalue weighted by Crippen LogP contribution is 2.23. The Labute approximate surface area is 138 Å². The summed E-state index contributed by atoms with van der Waals surface area (Å²) in [6.45, 7) is 1.88. The molecule has 0 saturated carbocycles. The molecule has 1 aromatic carbocycles. The summed E-state index contributed by atoms with van der Waals surface area (Å²) in [5.74, 6) is 1.02. The van der Waals surface area contributed by atoms with Crippen LogP contribution in [0.2, 0.25) is 0 Å². The van der Waals surface area contributed by atoms with E-state index in [9.17, 15) is 14.9 Å². The number of non-ortho nitro benzene ring substituents is 1. The number of nitro benzene ring substituents is 1. The quantitative estimate of drug-likeness (QED) is 0.647. The largest absolute Gasteiger partial charge is 0.317 e. The van der Waals surface area contributed by atoms with Crippen LogP contribution in [0, 0.1) is 10.1 Å². The second-order valence-electron chi connectivity index (χ2n) is 5.70. The fourth-order valence-electron chi connectivity index (χ4n) is 2.67. The van der Waals surface area contributed by atoms with Gasteiger partial charge in [-0.25, -0.2) is 4.68 Å². The van der Waals surface area contributed by atoms with Gasteiger partial charge in [-0.15, -0.1) is 0 Å². The molecule has 0 unspecified atom stereocenters. The maximum absolute atomic E-state index is 12.3. The van der Waals surface area contributed by atoms with Crippen LogP contribution in [-0.4, -0.2) is 38.7 Å². The van der Waals surface area contributed by atoms with Gasteiger partial charge in [-0.2, -0.15) is 10.1 Å². The van der Waals surface area contributed by atoms with Crippen LogP contribution in [-0.2, 0) is 7.05 Å². The number of benzene rings is 1. The maximum Gasteiger partial charge on any atom is 0.269 e. The number of hydrogen-bond acceptors (Lipinski definition) is 6. The molecule has 0 atom stereocenters. The highest BCUT2D eigenvalue weighted by molar-refractivity contribution is 6.03. The van der Waals surface area contributed by atoms with E-state index in [1.165, 1.54) is 24.3 Å². The Hall–Kier alpha value is -2.81. The van der Waals surface area contributed by atoms with Gasteiger partial charge in [0.1, 0.15) is 0 Å². The Morgan fingerprint density at radius 1 is 1.33 bits per heavy atom. The number of piperidine rings is 1. The zero-order valence-electron chi connectivity index (χ0n) is 13.2. The maximum atomic E-state index is 12.3. The lowest BCUT2D eigenvalue weighted by atomic mass is 9.98. The van der Waals surface area contributed by atoms with Gasteiger partial charge < -0.3 is 5.32 Å². The van der Waals surface area contributed by atoms with Crippen LogP contribution in [0.5, 0.6) is 0 Å². The lowest BCUT2D eigenvalue weighted by molar-refractivity contribution is -0.384. The number of carbonyl (C=O) groups is 1. The van der Waals surface area contributed by atoms with Crippen molar-refractivity contribution in [2.75, 3.05) is 18.4 Å². The standard InChI is InChI=1S/C15H18N6O3/c1-20-15(17-13(19-20)10-6-8-16-9-7-10)18-14(22)11-2-4-12(5-3-11)21(23)24/h2-5,10,16H,6-9H2,1H3,(H,17,18,19,22). The summed E-state index contributed by atoms with van der Waals surface area (Å²) in [4.78, 5) is 26.8. The van der Waals surface area contributed by atoms with Gasteiger partial charge in [-0.05, 0) is 38.1 Å². The Balaban J connectivity index is 1.72. The number of carbonyl (C=O) groups excluding carboxylic acids is 1. The third kappa shape index (κ3) is 3.40. The minimum absolute atomic E-state index is 0.0570. The van der Waals surface area contributed by atoms with Gasteiger partial charge in [0.25, 0.3) is 11.6 Å². The van der Waals surface area contributed by atoms with Crippen molar-refractivity contribution < 1.29 is 9.72 Å². The van der Waals surface area contributed by atoms with E-state index < -0.39 is 4.92 Å². The molecular weight excluding hydrogens is 312 g/mol. The molecule has 1 fully saturated rings. The third-order valence-electron chi connectivity index (χ3n) is 4.05. The number of aryl methyl sites for hydroxylation is 1. The van der Waals surface area contributed by atoms with Gasteiger partial charge in [-0.1, -0.05) is 0 Å². The van der Waals surface area contributed by atoms with Gasteiger partial charge >= 0.3 is 0 Å². The summed E-state index contributed by atoms with van der Waals surface area (Å²) in [7, 11) is 1.73. The molecule has 1 aromatic heterocycles. The first-order chi connectivity index (χ1) is 11.5. The highest BCUT2D eigenvalue weighted by Gasteiger charge is 2.21. The van der Waals surface area contributed by atoms with E-state index in [4.69, 9.17) is 0 Å². The summed E-state index contributed by atoms with van der Waals surface area (Å²) in [5.41, 5.74) is 0.269. The van der Waals surface area contributed by atoms with Gasteiger partial charge in [0.15, 0.2) is 5.82 Å². The van der Waals surface area contributed by atoms with Crippen molar-refractivity contribution >= 4 is 17.5 Å². The van der Waals surface area contributed by atoms with Gasteiger partial charge in [-0.3, -0.25) is 20.2 Å². The number of nitrogens with zero attached hydrogens (tertiary/aromatic N) is 4. The summed E-state index contributed by atoms with van der Waals surface area (Å²) in [6.07, 6.45) is 1.94. The van der Waals surface area contributed by atoms with Crippen molar-refractivity contribution in [1.82, 2.24) is 20.1 Å². The molecule has 2 heterocycles. The van der Waals surface area contributed by atoms with E-state index >= 15 is 0 Å². The molecule has 9 heteroatoms. The number of nitro groups is 1. The lowest BCUT2D eigenvalue weighted by Crippen LogP contribution is -2.27. The number of anilines is 1. The molecule has 3 rings (SSSR count). The second kappa shape index (κ2) is 6.75. The topological polar surface area (TPSA) is 115 Å². The molecule has 9 nitrogen and oxygen atoms in total.